The first kappa shape index (κ1) is 25.9. The maximum absolute atomic E-state index is 12.8. The van der Waals surface area contributed by atoms with Crippen molar-refractivity contribution in [1.29, 1.82) is 0 Å². The van der Waals surface area contributed by atoms with Gasteiger partial charge in [0.2, 0.25) is 0 Å². The van der Waals surface area contributed by atoms with Gasteiger partial charge in [0.1, 0.15) is 17.7 Å². The minimum Gasteiger partial charge on any atom is -0.478 e. The Morgan fingerprint density at radius 1 is 1.00 bits per heavy atom. The number of carbonyl (C=O) groups is 2. The molecule has 0 amide bonds. The standard InChI is InChI=1S/C28H32N2O5/c1-28(2,3)35-27(34)24(25(31)20-7-5-4-6-8-20)30-16-15-18-9-11-19(12-10-18)22-14-13-21(26(32)33)17-23(22)29/h4-14,17,24-25,30-31H,15-16,29H2,1-3H3,(H,32,33)/t24?,25-/m1/s1. The van der Waals surface area contributed by atoms with E-state index >= 15 is 0 Å². The van der Waals surface area contributed by atoms with Gasteiger partial charge in [0, 0.05) is 17.8 Å². The quantitative estimate of drug-likeness (QED) is 0.270. The Morgan fingerprint density at radius 3 is 2.23 bits per heavy atom. The van der Waals surface area contributed by atoms with E-state index in [1.54, 1.807) is 39.0 Å². The summed E-state index contributed by atoms with van der Waals surface area (Å²) in [6, 6.07) is 20.5. The Labute approximate surface area is 205 Å². The number of aliphatic hydroxyl groups excluding tert-OH is 1. The third-order valence-corrected chi connectivity index (χ3v) is 5.46. The van der Waals surface area contributed by atoms with E-state index < -0.39 is 29.7 Å². The Balaban J connectivity index is 1.67. The molecule has 2 atom stereocenters. The second kappa shape index (κ2) is 11.2. The lowest BCUT2D eigenvalue weighted by Crippen LogP contribution is -2.46. The lowest BCUT2D eigenvalue weighted by Gasteiger charge is -2.27. The molecule has 0 radical (unpaired) electrons. The van der Waals surface area contributed by atoms with E-state index in [1.165, 1.54) is 12.1 Å². The van der Waals surface area contributed by atoms with Crippen LogP contribution in [0.2, 0.25) is 0 Å². The number of carbonyl (C=O) groups excluding carboxylic acids is 1. The van der Waals surface area contributed by atoms with Gasteiger partial charge in [-0.05, 0) is 56.0 Å². The fourth-order valence-corrected chi connectivity index (χ4v) is 3.71. The molecule has 1 unspecified atom stereocenters. The SMILES string of the molecule is CC(C)(C)OC(=O)C(NCCc1ccc(-c2ccc(C(=O)O)cc2N)cc1)[C@H](O)c1ccccc1. The first-order valence-corrected chi connectivity index (χ1v) is 11.5. The van der Waals surface area contributed by atoms with Crippen LogP contribution in [0.3, 0.4) is 0 Å². The molecule has 0 aliphatic heterocycles. The summed E-state index contributed by atoms with van der Waals surface area (Å²) in [5, 5.41) is 23.1. The highest BCUT2D eigenvalue weighted by atomic mass is 16.6. The molecule has 7 nitrogen and oxygen atoms in total. The Kier molecular flexibility index (Phi) is 8.27. The molecular formula is C28H32N2O5. The number of carboxylic acids is 1. The van der Waals surface area contributed by atoms with E-state index in [0.29, 0.717) is 24.2 Å². The lowest BCUT2D eigenvalue weighted by molar-refractivity contribution is -0.160. The number of hydrogen-bond donors (Lipinski definition) is 4. The number of esters is 1. The lowest BCUT2D eigenvalue weighted by atomic mass is 9.99. The van der Waals surface area contributed by atoms with Crippen LogP contribution < -0.4 is 11.1 Å². The highest BCUT2D eigenvalue weighted by molar-refractivity contribution is 5.91. The van der Waals surface area contributed by atoms with Crippen molar-refractivity contribution in [3.8, 4) is 11.1 Å². The molecule has 0 aromatic heterocycles. The van der Waals surface area contributed by atoms with Gasteiger partial charge in [0.15, 0.2) is 0 Å². The van der Waals surface area contributed by atoms with Crippen LogP contribution in [0.25, 0.3) is 11.1 Å². The number of aromatic carboxylic acids is 1. The molecule has 0 spiro atoms. The molecular weight excluding hydrogens is 444 g/mol. The van der Waals surface area contributed by atoms with Crippen molar-refractivity contribution in [2.24, 2.45) is 0 Å². The summed E-state index contributed by atoms with van der Waals surface area (Å²) < 4.78 is 5.53. The number of carboxylic acid groups (broad SMARTS) is 1. The molecule has 3 rings (SSSR count). The third kappa shape index (κ3) is 7.15. The molecule has 5 N–H and O–H groups in total. The summed E-state index contributed by atoms with van der Waals surface area (Å²) in [6.45, 7) is 5.82. The summed E-state index contributed by atoms with van der Waals surface area (Å²) in [6.07, 6.45) is -0.431. The van der Waals surface area contributed by atoms with Crippen molar-refractivity contribution in [2.45, 2.75) is 44.9 Å². The number of nitrogens with two attached hydrogens (primary N) is 1. The second-order valence-corrected chi connectivity index (χ2v) is 9.37. The molecule has 3 aromatic rings. The maximum Gasteiger partial charge on any atom is 0.335 e. The first-order chi connectivity index (χ1) is 16.5. The van der Waals surface area contributed by atoms with Gasteiger partial charge in [-0.3, -0.25) is 4.79 Å². The van der Waals surface area contributed by atoms with Crippen LogP contribution in [0.5, 0.6) is 0 Å². The van der Waals surface area contributed by atoms with E-state index in [2.05, 4.69) is 5.32 Å². The van der Waals surface area contributed by atoms with Gasteiger partial charge in [0.05, 0.1) is 5.56 Å². The van der Waals surface area contributed by atoms with E-state index in [1.807, 2.05) is 42.5 Å². The summed E-state index contributed by atoms with van der Waals surface area (Å²) in [4.78, 5) is 23.9. The average molecular weight is 477 g/mol. The monoisotopic (exact) mass is 476 g/mol. The highest BCUT2D eigenvalue weighted by Crippen LogP contribution is 2.27. The number of anilines is 1. The van der Waals surface area contributed by atoms with Gasteiger partial charge in [-0.15, -0.1) is 0 Å². The average Bonchev–Trinajstić information content (AvgIpc) is 2.81. The number of aliphatic hydroxyl groups is 1. The predicted octanol–water partition coefficient (Wildman–Crippen LogP) is 4.21. The van der Waals surface area contributed by atoms with E-state index in [4.69, 9.17) is 15.6 Å². The summed E-state index contributed by atoms with van der Waals surface area (Å²) >= 11 is 0. The van der Waals surface area contributed by atoms with Crippen molar-refractivity contribution < 1.29 is 24.5 Å². The number of nitrogen functional groups attached to an aromatic ring is 1. The molecule has 0 aliphatic rings. The molecule has 0 fully saturated rings. The summed E-state index contributed by atoms with van der Waals surface area (Å²) in [5.41, 5.74) is 9.21. The first-order valence-electron chi connectivity index (χ1n) is 11.5. The van der Waals surface area contributed by atoms with Crippen molar-refractivity contribution in [3.05, 3.63) is 89.5 Å². The minimum atomic E-state index is -1.05. The van der Waals surface area contributed by atoms with Crippen molar-refractivity contribution in [3.63, 3.8) is 0 Å². The molecule has 0 heterocycles. The van der Waals surface area contributed by atoms with Gasteiger partial charge in [0.25, 0.3) is 0 Å². The predicted molar refractivity (Wildman–Crippen MR) is 136 cm³/mol. The third-order valence-electron chi connectivity index (χ3n) is 5.46. The Hall–Kier alpha value is -3.68. The number of rotatable bonds is 9. The Bertz CT molecular complexity index is 1150. The van der Waals surface area contributed by atoms with Gasteiger partial charge in [-0.1, -0.05) is 60.7 Å². The van der Waals surface area contributed by atoms with Crippen LogP contribution in [0, 0.1) is 0 Å². The second-order valence-electron chi connectivity index (χ2n) is 9.37. The van der Waals surface area contributed by atoms with Crippen LogP contribution in [0.4, 0.5) is 5.69 Å². The van der Waals surface area contributed by atoms with Crippen molar-refractivity contribution in [2.75, 3.05) is 12.3 Å². The highest BCUT2D eigenvalue weighted by Gasteiger charge is 2.31. The zero-order chi connectivity index (χ0) is 25.6. The zero-order valence-corrected chi connectivity index (χ0v) is 20.2. The fraction of sp³-hybridized carbons (Fsp3) is 0.286. The summed E-state index contributed by atoms with van der Waals surface area (Å²) in [7, 11) is 0. The topological polar surface area (TPSA) is 122 Å². The van der Waals surface area contributed by atoms with Gasteiger partial charge in [-0.2, -0.15) is 0 Å². The van der Waals surface area contributed by atoms with Gasteiger partial charge in [-0.25, -0.2) is 4.79 Å². The molecule has 35 heavy (non-hydrogen) atoms. The molecule has 0 aliphatic carbocycles. The van der Waals surface area contributed by atoms with Crippen LogP contribution in [-0.2, 0) is 16.0 Å². The van der Waals surface area contributed by atoms with Crippen LogP contribution in [0.1, 0.15) is 48.4 Å². The van der Waals surface area contributed by atoms with Crippen LogP contribution in [-0.4, -0.2) is 40.3 Å². The zero-order valence-electron chi connectivity index (χ0n) is 20.2. The fourth-order valence-electron chi connectivity index (χ4n) is 3.71. The summed E-state index contributed by atoms with van der Waals surface area (Å²) in [5.74, 6) is -1.53. The minimum absolute atomic E-state index is 0.145. The van der Waals surface area contributed by atoms with Crippen LogP contribution >= 0.6 is 0 Å². The largest absolute Gasteiger partial charge is 0.478 e. The van der Waals surface area contributed by atoms with E-state index in [0.717, 1.165) is 16.7 Å². The molecule has 0 saturated heterocycles. The number of nitrogens with one attached hydrogen (secondary N) is 1. The maximum atomic E-state index is 12.8. The van der Waals surface area contributed by atoms with E-state index in [9.17, 15) is 14.7 Å². The van der Waals surface area contributed by atoms with Crippen LogP contribution in [0.15, 0.2) is 72.8 Å². The Morgan fingerprint density at radius 2 is 1.66 bits per heavy atom. The normalized spacial score (nSPS) is 13.1. The molecule has 0 bridgehead atoms. The number of benzene rings is 3. The van der Waals surface area contributed by atoms with E-state index in [-0.39, 0.29) is 5.56 Å². The number of ether oxygens (including phenoxy) is 1. The molecule has 0 saturated carbocycles. The molecule has 184 valence electrons. The smallest absolute Gasteiger partial charge is 0.335 e. The van der Waals surface area contributed by atoms with Gasteiger partial charge >= 0.3 is 11.9 Å². The van der Waals surface area contributed by atoms with Crippen molar-refractivity contribution >= 4 is 17.6 Å². The number of hydrogen-bond acceptors (Lipinski definition) is 6. The molecule has 3 aromatic carbocycles. The van der Waals surface area contributed by atoms with Crippen molar-refractivity contribution in [1.82, 2.24) is 5.32 Å². The van der Waals surface area contributed by atoms with Gasteiger partial charge < -0.3 is 26.0 Å². The molecule has 7 heteroatoms.